The number of hydrogen-bond donors (Lipinski definition) is 2. The molecule has 114 valence electrons. The van der Waals surface area contributed by atoms with Crippen LogP contribution >= 0.6 is 11.3 Å². The summed E-state index contributed by atoms with van der Waals surface area (Å²) in [5.74, 6) is -0.467. The topological polar surface area (TPSA) is 97.4 Å². The van der Waals surface area contributed by atoms with Crippen LogP contribution in [0.5, 0.6) is 0 Å². The first-order valence-electron chi connectivity index (χ1n) is 5.98. The molecule has 0 aliphatic rings. The number of thiazole rings is 1. The summed E-state index contributed by atoms with van der Waals surface area (Å²) in [5, 5.41) is 5.13. The van der Waals surface area contributed by atoms with Crippen LogP contribution in [0.25, 0.3) is 0 Å². The Hall–Kier alpha value is -1.19. The van der Waals surface area contributed by atoms with Gasteiger partial charge in [0, 0.05) is 17.5 Å². The lowest BCUT2D eigenvalue weighted by molar-refractivity contribution is 0.0520. The van der Waals surface area contributed by atoms with E-state index < -0.39 is 21.5 Å². The van der Waals surface area contributed by atoms with Crippen molar-refractivity contribution in [2.75, 3.05) is 24.7 Å². The number of nitrogens with one attached hydrogen (secondary N) is 2. The number of aromatic nitrogens is 1. The van der Waals surface area contributed by atoms with Crippen molar-refractivity contribution in [2.24, 2.45) is 0 Å². The molecule has 20 heavy (non-hydrogen) atoms. The zero-order chi connectivity index (χ0) is 15.4. The molecule has 0 radical (unpaired) electrons. The van der Waals surface area contributed by atoms with Crippen LogP contribution in [-0.2, 0) is 14.8 Å². The van der Waals surface area contributed by atoms with Gasteiger partial charge in [0.15, 0.2) is 10.8 Å². The highest BCUT2D eigenvalue weighted by atomic mass is 32.2. The molecule has 0 atom stereocenters. The summed E-state index contributed by atoms with van der Waals surface area (Å²) in [6.45, 7) is 5.87. The Balaban J connectivity index is 2.60. The zero-order valence-corrected chi connectivity index (χ0v) is 13.5. The molecule has 7 nitrogen and oxygen atoms in total. The quantitative estimate of drug-likeness (QED) is 0.729. The lowest BCUT2D eigenvalue weighted by atomic mass is 10.1. The minimum absolute atomic E-state index is 0.244. The first kappa shape index (κ1) is 16.9. The summed E-state index contributed by atoms with van der Waals surface area (Å²) < 4.78 is 29.8. The van der Waals surface area contributed by atoms with Gasteiger partial charge < -0.3 is 10.1 Å². The Kier molecular flexibility index (Phi) is 5.49. The Morgan fingerprint density at radius 3 is 2.70 bits per heavy atom. The molecule has 0 saturated heterocycles. The van der Waals surface area contributed by atoms with E-state index in [0.717, 1.165) is 6.26 Å². The summed E-state index contributed by atoms with van der Waals surface area (Å²) >= 11 is 1.26. The summed E-state index contributed by atoms with van der Waals surface area (Å²) in [4.78, 5) is 15.5. The molecule has 9 heteroatoms. The number of ether oxygens (including phenoxy) is 1. The molecule has 0 aliphatic carbocycles. The molecular formula is C11H19N3O4S2. The lowest BCUT2D eigenvalue weighted by Gasteiger charge is -2.25. The molecule has 0 fully saturated rings. The van der Waals surface area contributed by atoms with Gasteiger partial charge in [-0.15, -0.1) is 11.3 Å². The van der Waals surface area contributed by atoms with Gasteiger partial charge in [-0.2, -0.15) is 0 Å². The van der Waals surface area contributed by atoms with Crippen LogP contribution in [0, 0.1) is 0 Å². The number of hydrogen-bond acceptors (Lipinski definition) is 7. The smallest absolute Gasteiger partial charge is 0.357 e. The van der Waals surface area contributed by atoms with Crippen LogP contribution in [0.4, 0.5) is 5.13 Å². The Morgan fingerprint density at radius 2 is 2.15 bits per heavy atom. The summed E-state index contributed by atoms with van der Waals surface area (Å²) in [5.41, 5.74) is -0.420. The number of carbonyl (C=O) groups is 1. The minimum Gasteiger partial charge on any atom is -0.461 e. The van der Waals surface area contributed by atoms with E-state index in [-0.39, 0.29) is 5.69 Å². The molecule has 1 heterocycles. The number of esters is 1. The van der Waals surface area contributed by atoms with Crippen molar-refractivity contribution >= 4 is 32.5 Å². The fourth-order valence-corrected chi connectivity index (χ4v) is 3.24. The molecular weight excluding hydrogens is 302 g/mol. The van der Waals surface area contributed by atoms with E-state index in [1.54, 1.807) is 26.2 Å². The van der Waals surface area contributed by atoms with Gasteiger partial charge in [-0.25, -0.2) is 22.9 Å². The second kappa shape index (κ2) is 6.51. The van der Waals surface area contributed by atoms with Crippen LogP contribution in [0.15, 0.2) is 5.38 Å². The van der Waals surface area contributed by atoms with E-state index in [4.69, 9.17) is 4.74 Å². The van der Waals surface area contributed by atoms with Gasteiger partial charge in [0.1, 0.15) is 0 Å². The van der Waals surface area contributed by atoms with Gasteiger partial charge in [0.05, 0.1) is 12.9 Å². The van der Waals surface area contributed by atoms with E-state index in [1.807, 2.05) is 0 Å². The van der Waals surface area contributed by atoms with Crippen molar-refractivity contribution in [1.82, 2.24) is 9.71 Å². The van der Waals surface area contributed by atoms with E-state index >= 15 is 0 Å². The van der Waals surface area contributed by atoms with Crippen molar-refractivity contribution < 1.29 is 17.9 Å². The maximum absolute atomic E-state index is 11.4. The minimum atomic E-state index is -3.28. The highest BCUT2D eigenvalue weighted by Gasteiger charge is 2.22. The molecule has 0 unspecified atom stereocenters. The summed E-state index contributed by atoms with van der Waals surface area (Å²) in [7, 11) is -3.28. The highest BCUT2D eigenvalue weighted by Crippen LogP contribution is 2.17. The van der Waals surface area contributed by atoms with Gasteiger partial charge in [-0.1, -0.05) is 0 Å². The average Bonchev–Trinajstić information content (AvgIpc) is 2.72. The van der Waals surface area contributed by atoms with Crippen LogP contribution in [0.2, 0.25) is 0 Å². The predicted octanol–water partition coefficient (Wildman–Crippen LogP) is 1.06. The average molecular weight is 321 g/mol. The fraction of sp³-hybridized carbons (Fsp3) is 0.636. The monoisotopic (exact) mass is 321 g/mol. The van der Waals surface area contributed by atoms with Gasteiger partial charge in [-0.3, -0.25) is 0 Å². The molecule has 1 aromatic heterocycles. The molecule has 0 spiro atoms. The molecule has 1 aromatic rings. The number of nitrogens with zero attached hydrogens (tertiary/aromatic N) is 1. The fourth-order valence-electron chi connectivity index (χ4n) is 1.49. The van der Waals surface area contributed by atoms with E-state index in [1.165, 1.54) is 11.3 Å². The maximum atomic E-state index is 11.4. The van der Waals surface area contributed by atoms with E-state index in [0.29, 0.717) is 18.3 Å². The molecule has 0 aromatic carbocycles. The van der Waals surface area contributed by atoms with Gasteiger partial charge in [0.2, 0.25) is 10.0 Å². The van der Waals surface area contributed by atoms with Crippen molar-refractivity contribution in [2.45, 2.75) is 26.3 Å². The molecule has 0 amide bonds. The third-order valence-corrected chi connectivity index (χ3v) is 3.86. The van der Waals surface area contributed by atoms with Crippen LogP contribution < -0.4 is 10.0 Å². The van der Waals surface area contributed by atoms with Gasteiger partial charge in [0.25, 0.3) is 0 Å². The molecule has 2 N–H and O–H groups in total. The first-order chi connectivity index (χ1) is 9.13. The molecule has 0 bridgehead atoms. The van der Waals surface area contributed by atoms with Crippen molar-refractivity contribution in [3.8, 4) is 0 Å². The lowest BCUT2D eigenvalue weighted by Crippen LogP contribution is -2.47. The number of rotatable bonds is 7. The van der Waals surface area contributed by atoms with Crippen LogP contribution in [0.1, 0.15) is 31.3 Å². The second-order valence-electron chi connectivity index (χ2n) is 4.87. The third-order valence-electron chi connectivity index (χ3n) is 2.13. The Bertz CT molecular complexity index is 566. The first-order valence-corrected chi connectivity index (χ1v) is 8.75. The highest BCUT2D eigenvalue weighted by molar-refractivity contribution is 7.88. The van der Waals surface area contributed by atoms with Crippen LogP contribution in [0.3, 0.4) is 0 Å². The van der Waals surface area contributed by atoms with E-state index in [9.17, 15) is 13.2 Å². The number of carbonyl (C=O) groups excluding carboxylic acids is 1. The molecule has 0 aliphatic heterocycles. The van der Waals surface area contributed by atoms with Crippen LogP contribution in [-0.4, -0.2) is 44.3 Å². The summed E-state index contributed by atoms with van der Waals surface area (Å²) in [6.07, 6.45) is 1.11. The van der Waals surface area contributed by atoms with Crippen molar-refractivity contribution in [3.63, 3.8) is 0 Å². The number of anilines is 1. The Labute approximate surface area is 122 Å². The number of sulfonamides is 1. The SMILES string of the molecule is CCOC(=O)c1csc(NCC(C)(C)NS(C)(=O)=O)n1. The normalized spacial score (nSPS) is 12.2. The largest absolute Gasteiger partial charge is 0.461 e. The zero-order valence-electron chi connectivity index (χ0n) is 11.9. The Morgan fingerprint density at radius 1 is 1.50 bits per heavy atom. The van der Waals surface area contributed by atoms with Crippen molar-refractivity contribution in [3.05, 3.63) is 11.1 Å². The summed E-state index contributed by atoms with van der Waals surface area (Å²) in [6, 6.07) is 0. The van der Waals surface area contributed by atoms with E-state index in [2.05, 4.69) is 15.0 Å². The standard InChI is InChI=1S/C11H19N3O4S2/c1-5-18-9(15)8-6-19-10(13-8)12-7-11(2,3)14-20(4,16)17/h6,14H,5,7H2,1-4H3,(H,12,13). The van der Waals surface area contributed by atoms with Crippen molar-refractivity contribution in [1.29, 1.82) is 0 Å². The molecule has 0 saturated carbocycles. The third kappa shape index (κ3) is 5.85. The second-order valence-corrected chi connectivity index (χ2v) is 7.48. The predicted molar refractivity (Wildman–Crippen MR) is 78.6 cm³/mol. The van der Waals surface area contributed by atoms with Gasteiger partial charge in [-0.05, 0) is 20.8 Å². The maximum Gasteiger partial charge on any atom is 0.357 e. The van der Waals surface area contributed by atoms with Gasteiger partial charge >= 0.3 is 5.97 Å². The molecule has 1 rings (SSSR count).